The molecule has 10 atom stereocenters. The summed E-state index contributed by atoms with van der Waals surface area (Å²) < 4.78 is 31.6. The molecule has 0 aromatic rings. The van der Waals surface area contributed by atoms with Crippen LogP contribution in [0.15, 0.2) is 36.0 Å². The van der Waals surface area contributed by atoms with Gasteiger partial charge >= 0.3 is 11.9 Å². The first-order valence-corrected chi connectivity index (χ1v) is 25.6. The fraction of sp³-hybridized carbons (Fsp3) is 0.810. The molecule has 2 aliphatic heterocycles. The average molecular weight is 765 g/mol. The van der Waals surface area contributed by atoms with E-state index in [1.54, 1.807) is 13.0 Å². The molecule has 300 valence electrons. The van der Waals surface area contributed by atoms with Crippen molar-refractivity contribution in [2.24, 2.45) is 17.8 Å². The number of esters is 2. The minimum absolute atomic E-state index is 0.0617. The van der Waals surface area contributed by atoms with Gasteiger partial charge in [0, 0.05) is 24.9 Å². The summed E-state index contributed by atoms with van der Waals surface area (Å²) in [5.74, 6) is -0.414. The van der Waals surface area contributed by atoms with Crippen LogP contribution in [-0.2, 0) is 32.7 Å². The number of allylic oxidation sites excluding steroid dienone is 3. The molecule has 8 nitrogen and oxygen atoms in total. The second-order valence-electron chi connectivity index (χ2n) is 19.1. The lowest BCUT2D eigenvalue weighted by Gasteiger charge is -2.40. The van der Waals surface area contributed by atoms with E-state index < -0.39 is 46.5 Å². The summed E-state index contributed by atoms with van der Waals surface area (Å²) in [6.45, 7) is 36.0. The van der Waals surface area contributed by atoms with Gasteiger partial charge in [-0.25, -0.2) is 0 Å². The zero-order chi connectivity index (χ0) is 40.0. The van der Waals surface area contributed by atoms with Crippen LogP contribution in [0, 0.1) is 17.8 Å². The zero-order valence-electron chi connectivity index (χ0n) is 35.9. The second-order valence-corrected chi connectivity index (χ2v) is 28.6. The van der Waals surface area contributed by atoms with Gasteiger partial charge in [-0.05, 0) is 93.4 Å². The van der Waals surface area contributed by atoms with E-state index in [1.165, 1.54) is 6.92 Å². The summed E-state index contributed by atoms with van der Waals surface area (Å²) in [4.78, 5) is 25.6. The van der Waals surface area contributed by atoms with E-state index in [0.29, 0.717) is 18.3 Å². The van der Waals surface area contributed by atoms with Gasteiger partial charge < -0.3 is 28.2 Å². The standard InChI is InChI=1S/C42H76O8Si2/c1-18-34(50-52(16,17)41(10,11)12)31(5)39-35(47-39)26-28(2)20-19-21-29(3)38-30(4)22-23-36(46-32(6)43)42(13,45)25-24-33(27-37(44)48-38)49-51(14,15)40(7,8)9/h19-23,28,30-31,33-36,38-39,45H,18,24-27H2,1-17H3/b20-19+,23-22+,29-21+. The van der Waals surface area contributed by atoms with E-state index in [-0.39, 0.29) is 53.1 Å². The molecule has 1 fully saturated rings. The van der Waals surface area contributed by atoms with Crippen molar-refractivity contribution in [3.8, 4) is 0 Å². The molecule has 2 heterocycles. The number of cyclic esters (lactones) is 1. The van der Waals surface area contributed by atoms with E-state index in [0.717, 1.165) is 18.4 Å². The Morgan fingerprint density at radius 2 is 1.65 bits per heavy atom. The lowest BCUT2D eigenvalue weighted by molar-refractivity contribution is -0.157. The first-order chi connectivity index (χ1) is 23.6. The van der Waals surface area contributed by atoms with Crippen LogP contribution in [0.3, 0.4) is 0 Å². The monoisotopic (exact) mass is 765 g/mol. The fourth-order valence-electron chi connectivity index (χ4n) is 6.39. The van der Waals surface area contributed by atoms with Crippen LogP contribution in [0.1, 0.15) is 122 Å². The predicted molar refractivity (Wildman–Crippen MR) is 217 cm³/mol. The van der Waals surface area contributed by atoms with Gasteiger partial charge in [-0.2, -0.15) is 0 Å². The van der Waals surface area contributed by atoms with Crippen molar-refractivity contribution in [1.82, 2.24) is 0 Å². The lowest BCUT2D eigenvalue weighted by Crippen LogP contribution is -2.46. The third kappa shape index (κ3) is 13.6. The third-order valence-electron chi connectivity index (χ3n) is 12.1. The van der Waals surface area contributed by atoms with E-state index in [9.17, 15) is 14.7 Å². The third-order valence-corrected chi connectivity index (χ3v) is 21.1. The Bertz CT molecular complexity index is 1270. The molecule has 1 N–H and O–H groups in total. The van der Waals surface area contributed by atoms with E-state index >= 15 is 0 Å². The lowest BCUT2D eigenvalue weighted by atomic mass is 9.88. The normalized spacial score (nSPS) is 31.2. The summed E-state index contributed by atoms with van der Waals surface area (Å²) in [5, 5.41) is 11.7. The number of hydrogen-bond acceptors (Lipinski definition) is 8. The van der Waals surface area contributed by atoms with E-state index in [2.05, 4.69) is 94.6 Å². The molecule has 0 bridgehead atoms. The summed E-state index contributed by atoms with van der Waals surface area (Å²) >= 11 is 0. The number of epoxide rings is 1. The predicted octanol–water partition coefficient (Wildman–Crippen LogP) is 10.1. The second kappa shape index (κ2) is 18.4. The maximum absolute atomic E-state index is 13.6. The Morgan fingerprint density at radius 1 is 1.06 bits per heavy atom. The molecular weight excluding hydrogens is 689 g/mol. The Balaban J connectivity index is 2.23. The maximum Gasteiger partial charge on any atom is 0.308 e. The molecule has 2 aliphatic rings. The Morgan fingerprint density at radius 3 is 2.19 bits per heavy atom. The van der Waals surface area contributed by atoms with Crippen molar-refractivity contribution in [3.63, 3.8) is 0 Å². The van der Waals surface area contributed by atoms with Crippen LogP contribution in [0.4, 0.5) is 0 Å². The van der Waals surface area contributed by atoms with Crippen molar-refractivity contribution in [3.05, 3.63) is 36.0 Å². The first kappa shape index (κ1) is 46.6. The zero-order valence-corrected chi connectivity index (χ0v) is 37.9. The topological polar surface area (TPSA) is 104 Å². The van der Waals surface area contributed by atoms with Gasteiger partial charge in [0.1, 0.15) is 17.8 Å². The highest BCUT2D eigenvalue weighted by Crippen LogP contribution is 2.43. The number of carbonyl (C=O) groups is 2. The number of hydrogen-bond donors (Lipinski definition) is 1. The van der Waals surface area contributed by atoms with Gasteiger partial charge in [0.05, 0.1) is 24.7 Å². The molecule has 0 saturated carbocycles. The summed E-state index contributed by atoms with van der Waals surface area (Å²) in [6.07, 6.45) is 11.3. The molecule has 2 rings (SSSR count). The molecule has 0 aromatic heterocycles. The van der Waals surface area contributed by atoms with Crippen molar-refractivity contribution >= 4 is 28.6 Å². The number of ether oxygens (including phenoxy) is 3. The molecule has 10 unspecified atom stereocenters. The minimum Gasteiger partial charge on any atom is -0.457 e. The average Bonchev–Trinajstić information content (AvgIpc) is 3.75. The van der Waals surface area contributed by atoms with Gasteiger partial charge in [0.2, 0.25) is 0 Å². The van der Waals surface area contributed by atoms with E-state index in [1.807, 2.05) is 32.1 Å². The van der Waals surface area contributed by atoms with Crippen LogP contribution in [-0.4, -0.2) is 75.9 Å². The van der Waals surface area contributed by atoms with E-state index in [4.69, 9.17) is 23.1 Å². The smallest absolute Gasteiger partial charge is 0.308 e. The molecule has 1 saturated heterocycles. The highest BCUT2D eigenvalue weighted by Gasteiger charge is 2.48. The number of aliphatic hydroxyl groups is 1. The molecule has 0 spiro atoms. The summed E-state index contributed by atoms with van der Waals surface area (Å²) in [6, 6.07) is 0. The van der Waals surface area contributed by atoms with Gasteiger partial charge in [-0.3, -0.25) is 9.59 Å². The van der Waals surface area contributed by atoms with Crippen molar-refractivity contribution in [1.29, 1.82) is 0 Å². The maximum atomic E-state index is 13.6. The molecule has 0 aromatic carbocycles. The molecule has 52 heavy (non-hydrogen) atoms. The first-order valence-electron chi connectivity index (χ1n) is 19.7. The SMILES string of the molecule is CCC(O[Si](C)(C)C(C)(C)C)C(C)C1OC1CC(C)/C=C/C=C(\C)C1OC(=O)CC(O[Si](C)(C)C(C)(C)C)CCC(C)(O)C(OC(C)=O)/C=C/C1C. The van der Waals surface area contributed by atoms with Gasteiger partial charge in [-0.15, -0.1) is 0 Å². The van der Waals surface area contributed by atoms with Crippen molar-refractivity contribution in [2.75, 3.05) is 0 Å². The highest BCUT2D eigenvalue weighted by molar-refractivity contribution is 6.74. The Hall–Kier alpha value is -1.57. The van der Waals surface area contributed by atoms with Crippen LogP contribution < -0.4 is 0 Å². The van der Waals surface area contributed by atoms with Gasteiger partial charge in [0.15, 0.2) is 16.6 Å². The Kier molecular flexibility index (Phi) is 16.5. The number of carbonyl (C=O) groups excluding carboxylic acids is 2. The quantitative estimate of drug-likeness (QED) is 0.0650. The summed E-state index contributed by atoms with van der Waals surface area (Å²) in [5.41, 5.74) is -0.456. The molecule has 0 radical (unpaired) electrons. The molecule has 0 aliphatic carbocycles. The van der Waals surface area contributed by atoms with Crippen molar-refractivity contribution < 1.29 is 37.8 Å². The molecule has 0 amide bonds. The van der Waals surface area contributed by atoms with Crippen LogP contribution in [0.2, 0.25) is 36.3 Å². The summed E-state index contributed by atoms with van der Waals surface area (Å²) in [7, 11) is -4.12. The van der Waals surface area contributed by atoms with Crippen molar-refractivity contribution in [2.45, 2.75) is 201 Å². The number of rotatable bonds is 13. The van der Waals surface area contributed by atoms with Crippen LogP contribution in [0.25, 0.3) is 0 Å². The minimum atomic E-state index is -2.25. The van der Waals surface area contributed by atoms with Gasteiger partial charge in [0.25, 0.3) is 0 Å². The Labute approximate surface area is 319 Å². The van der Waals surface area contributed by atoms with Crippen LogP contribution in [0.5, 0.6) is 0 Å². The molecule has 10 heteroatoms. The highest BCUT2D eigenvalue weighted by atomic mass is 28.4. The molecular formula is C42H76O8Si2. The fourth-order valence-corrected chi connectivity index (χ4v) is 9.27. The van der Waals surface area contributed by atoms with Gasteiger partial charge in [-0.1, -0.05) is 93.5 Å². The van der Waals surface area contributed by atoms with Crippen LogP contribution >= 0.6 is 0 Å². The largest absolute Gasteiger partial charge is 0.457 e.